The number of aryl methyl sites for hydroxylation is 1. The van der Waals surface area contributed by atoms with Gasteiger partial charge in [0, 0.05) is 4.88 Å². The topological polar surface area (TPSA) is 37.8 Å². The van der Waals surface area contributed by atoms with Crippen LogP contribution >= 0.6 is 22.7 Å². The minimum absolute atomic E-state index is 0.841. The van der Waals surface area contributed by atoms with Gasteiger partial charge in [-0.25, -0.2) is 0 Å². The molecule has 0 aliphatic heterocycles. The summed E-state index contributed by atoms with van der Waals surface area (Å²) in [4.78, 5) is 1.33. The molecule has 3 nitrogen and oxygen atoms in total. The highest BCUT2D eigenvalue weighted by molar-refractivity contribution is 7.13. The molecule has 0 aliphatic carbocycles. The van der Waals surface area contributed by atoms with Crippen LogP contribution in [0.5, 0.6) is 0 Å². The monoisotopic (exact) mass is 211 g/mol. The van der Waals surface area contributed by atoms with Crippen LogP contribution in [0.2, 0.25) is 0 Å². The van der Waals surface area contributed by atoms with Gasteiger partial charge in [0.15, 0.2) is 0 Å². The normalized spacial score (nSPS) is 10.2. The molecule has 1 N–H and O–H groups in total. The predicted molar refractivity (Wildman–Crippen MR) is 56.3 cm³/mol. The lowest BCUT2D eigenvalue weighted by Gasteiger charge is -1.97. The fourth-order valence-electron chi connectivity index (χ4n) is 0.996. The molecule has 0 spiro atoms. The summed E-state index contributed by atoms with van der Waals surface area (Å²) >= 11 is 3.29. The van der Waals surface area contributed by atoms with Gasteiger partial charge in [-0.3, -0.25) is 0 Å². The van der Waals surface area contributed by atoms with Crippen molar-refractivity contribution in [2.24, 2.45) is 0 Å². The van der Waals surface area contributed by atoms with Crippen LogP contribution in [0.4, 0.5) is 5.13 Å². The number of nitrogens with one attached hydrogen (secondary N) is 1. The van der Waals surface area contributed by atoms with Gasteiger partial charge in [0.1, 0.15) is 5.51 Å². The van der Waals surface area contributed by atoms with Crippen LogP contribution < -0.4 is 5.32 Å². The Morgan fingerprint density at radius 3 is 3.00 bits per heavy atom. The molecule has 0 aromatic carbocycles. The first-order chi connectivity index (χ1) is 6.34. The van der Waals surface area contributed by atoms with E-state index in [1.807, 2.05) is 0 Å². The number of nitrogens with zero attached hydrogens (tertiary/aromatic N) is 2. The summed E-state index contributed by atoms with van der Waals surface area (Å²) in [6, 6.07) is 2.18. The van der Waals surface area contributed by atoms with Crippen LogP contribution in [0.1, 0.15) is 10.4 Å². The average Bonchev–Trinajstić information content (AvgIpc) is 2.71. The lowest BCUT2D eigenvalue weighted by atomic mass is 10.3. The Hall–Kier alpha value is -0.940. The molecule has 0 aliphatic rings. The molecule has 0 unspecified atom stereocenters. The summed E-state index contributed by atoms with van der Waals surface area (Å²) in [5, 5.41) is 13.9. The number of hydrogen-bond acceptors (Lipinski definition) is 5. The van der Waals surface area contributed by atoms with Gasteiger partial charge in [-0.15, -0.1) is 21.5 Å². The van der Waals surface area contributed by atoms with E-state index in [1.54, 1.807) is 16.8 Å². The summed E-state index contributed by atoms with van der Waals surface area (Å²) in [5.74, 6) is 0. The number of rotatable bonds is 3. The van der Waals surface area contributed by atoms with E-state index in [4.69, 9.17) is 0 Å². The molecule has 0 bridgehead atoms. The second kappa shape index (κ2) is 3.85. The lowest BCUT2D eigenvalue weighted by Crippen LogP contribution is -1.96. The highest BCUT2D eigenvalue weighted by atomic mass is 32.1. The van der Waals surface area contributed by atoms with Gasteiger partial charge in [0.25, 0.3) is 0 Å². The standard InChI is InChI=1S/C8H9N3S2/c1-6-2-7(12-4-6)3-9-8-11-10-5-13-8/h2,4-5H,3H2,1H3,(H,9,11). The van der Waals surface area contributed by atoms with E-state index < -0.39 is 0 Å². The van der Waals surface area contributed by atoms with Crippen molar-refractivity contribution in [1.29, 1.82) is 0 Å². The van der Waals surface area contributed by atoms with Crippen LogP contribution in [0.15, 0.2) is 17.0 Å². The number of hydrogen-bond donors (Lipinski definition) is 1. The molecule has 2 aromatic heterocycles. The summed E-state index contributed by atoms with van der Waals surface area (Å²) in [5.41, 5.74) is 3.04. The van der Waals surface area contributed by atoms with Crippen LogP contribution in [-0.4, -0.2) is 10.2 Å². The molecule has 2 rings (SSSR count). The molecular weight excluding hydrogens is 202 g/mol. The highest BCUT2D eigenvalue weighted by Gasteiger charge is 1.98. The Bertz CT molecular complexity index is 366. The summed E-state index contributed by atoms with van der Waals surface area (Å²) in [6.07, 6.45) is 0. The molecule has 0 saturated carbocycles. The third-order valence-electron chi connectivity index (χ3n) is 1.56. The third kappa shape index (κ3) is 2.26. The van der Waals surface area contributed by atoms with E-state index in [1.165, 1.54) is 21.8 Å². The minimum Gasteiger partial charge on any atom is -0.355 e. The van der Waals surface area contributed by atoms with Crippen molar-refractivity contribution in [2.75, 3.05) is 5.32 Å². The molecule has 2 heterocycles. The maximum absolute atomic E-state index is 3.90. The van der Waals surface area contributed by atoms with Crippen molar-refractivity contribution >= 4 is 27.8 Å². The van der Waals surface area contributed by atoms with Crippen molar-refractivity contribution < 1.29 is 0 Å². The number of thiophene rings is 1. The van der Waals surface area contributed by atoms with Gasteiger partial charge in [-0.1, -0.05) is 11.3 Å². The van der Waals surface area contributed by atoms with E-state index in [0.29, 0.717) is 0 Å². The first-order valence-corrected chi connectivity index (χ1v) is 5.64. The summed E-state index contributed by atoms with van der Waals surface area (Å²) < 4.78 is 0. The van der Waals surface area contributed by atoms with Gasteiger partial charge in [0.2, 0.25) is 5.13 Å². The van der Waals surface area contributed by atoms with Crippen molar-refractivity contribution in [3.63, 3.8) is 0 Å². The van der Waals surface area contributed by atoms with Gasteiger partial charge >= 0.3 is 0 Å². The Balaban J connectivity index is 1.93. The quantitative estimate of drug-likeness (QED) is 0.847. The molecule has 0 radical (unpaired) electrons. The maximum atomic E-state index is 3.90. The second-order valence-electron chi connectivity index (χ2n) is 2.69. The fraction of sp³-hybridized carbons (Fsp3) is 0.250. The van der Waals surface area contributed by atoms with E-state index in [0.717, 1.165) is 11.7 Å². The van der Waals surface area contributed by atoms with Gasteiger partial charge in [-0.05, 0) is 23.9 Å². The van der Waals surface area contributed by atoms with Gasteiger partial charge in [-0.2, -0.15) is 0 Å². The van der Waals surface area contributed by atoms with Crippen LogP contribution in [-0.2, 0) is 6.54 Å². The number of anilines is 1. The van der Waals surface area contributed by atoms with Crippen molar-refractivity contribution in [2.45, 2.75) is 13.5 Å². The molecule has 2 aromatic rings. The van der Waals surface area contributed by atoms with Crippen molar-refractivity contribution in [3.8, 4) is 0 Å². The maximum Gasteiger partial charge on any atom is 0.205 e. The molecule has 68 valence electrons. The van der Waals surface area contributed by atoms with E-state index in [-0.39, 0.29) is 0 Å². The van der Waals surface area contributed by atoms with Crippen LogP contribution in [0.3, 0.4) is 0 Å². The predicted octanol–water partition coefficient (Wildman–Crippen LogP) is 2.52. The SMILES string of the molecule is Cc1csc(CNc2nncs2)c1. The Kier molecular flexibility index (Phi) is 2.56. The van der Waals surface area contributed by atoms with Gasteiger partial charge < -0.3 is 5.32 Å². The summed E-state index contributed by atoms with van der Waals surface area (Å²) in [6.45, 7) is 2.94. The Labute approximate surface area is 84.5 Å². The molecule has 13 heavy (non-hydrogen) atoms. The largest absolute Gasteiger partial charge is 0.355 e. The van der Waals surface area contributed by atoms with E-state index in [9.17, 15) is 0 Å². The molecule has 0 fully saturated rings. The van der Waals surface area contributed by atoms with Crippen LogP contribution in [0, 0.1) is 6.92 Å². The third-order valence-corrected chi connectivity index (χ3v) is 3.26. The molecular formula is C8H9N3S2. The molecule has 0 atom stereocenters. The first kappa shape index (κ1) is 8.65. The fourth-order valence-corrected chi connectivity index (χ4v) is 2.25. The zero-order valence-electron chi connectivity index (χ0n) is 7.15. The summed E-state index contributed by atoms with van der Waals surface area (Å²) in [7, 11) is 0. The van der Waals surface area contributed by atoms with Gasteiger partial charge in [0.05, 0.1) is 6.54 Å². The molecule has 0 amide bonds. The average molecular weight is 211 g/mol. The van der Waals surface area contributed by atoms with E-state index >= 15 is 0 Å². The zero-order valence-corrected chi connectivity index (χ0v) is 8.78. The first-order valence-electron chi connectivity index (χ1n) is 3.88. The van der Waals surface area contributed by atoms with E-state index in [2.05, 4.69) is 33.9 Å². The second-order valence-corrected chi connectivity index (χ2v) is 4.52. The van der Waals surface area contributed by atoms with Crippen LogP contribution in [0.25, 0.3) is 0 Å². The lowest BCUT2D eigenvalue weighted by molar-refractivity contribution is 1.06. The molecule has 5 heteroatoms. The Morgan fingerprint density at radius 2 is 2.38 bits per heavy atom. The van der Waals surface area contributed by atoms with Crippen molar-refractivity contribution in [3.05, 3.63) is 27.4 Å². The molecule has 0 saturated heterocycles. The minimum atomic E-state index is 0.841. The zero-order chi connectivity index (χ0) is 9.10. The number of aromatic nitrogens is 2. The highest BCUT2D eigenvalue weighted by Crippen LogP contribution is 2.16. The Morgan fingerprint density at radius 1 is 1.46 bits per heavy atom. The smallest absolute Gasteiger partial charge is 0.205 e. The van der Waals surface area contributed by atoms with Crippen molar-refractivity contribution in [1.82, 2.24) is 10.2 Å².